The molecule has 2 saturated heterocycles. The zero-order chi connectivity index (χ0) is 16.2. The van der Waals surface area contributed by atoms with E-state index in [1.165, 1.54) is 0 Å². The molecule has 2 heterocycles. The number of aryl methyl sites for hydroxylation is 1. The molecule has 0 radical (unpaired) electrons. The Balaban J connectivity index is 1.43. The highest BCUT2D eigenvalue weighted by atomic mass is 16.5. The third kappa shape index (κ3) is 3.83. The number of amides is 1. The molecule has 0 aromatic heterocycles. The van der Waals surface area contributed by atoms with Crippen molar-refractivity contribution in [2.24, 2.45) is 0 Å². The van der Waals surface area contributed by atoms with Crippen molar-refractivity contribution in [1.82, 2.24) is 9.80 Å². The molecule has 1 atom stereocenters. The molecule has 23 heavy (non-hydrogen) atoms. The lowest BCUT2D eigenvalue weighted by Gasteiger charge is -2.47. The summed E-state index contributed by atoms with van der Waals surface area (Å²) in [5, 5.41) is 10.1. The zero-order valence-corrected chi connectivity index (χ0v) is 13.5. The number of para-hydroxylation sites is 1. The monoisotopic (exact) mass is 320 g/mol. The minimum atomic E-state index is -1.11. The molecule has 0 unspecified atom stereocenters. The summed E-state index contributed by atoms with van der Waals surface area (Å²) in [6.45, 7) is 6.65. The van der Waals surface area contributed by atoms with E-state index < -0.39 is 6.10 Å². The number of nitrogens with zero attached hydrogens (tertiary/aromatic N) is 2. The van der Waals surface area contributed by atoms with Crippen LogP contribution in [0.2, 0.25) is 0 Å². The van der Waals surface area contributed by atoms with Crippen LogP contribution >= 0.6 is 0 Å². The van der Waals surface area contributed by atoms with Gasteiger partial charge in [0.2, 0.25) is 0 Å². The van der Waals surface area contributed by atoms with Crippen LogP contribution in [0.3, 0.4) is 0 Å². The standard InChI is InChI=1S/C17H24N2O4/c1-13-4-2-3-5-16(13)23-12-15(20)17(21)19-10-14(11-19)18-6-8-22-9-7-18/h2-5,14-15,20H,6-12H2,1H3/t15-/m1/s1. The molecule has 1 aromatic carbocycles. The van der Waals surface area contributed by atoms with Gasteiger partial charge in [-0.25, -0.2) is 0 Å². The van der Waals surface area contributed by atoms with Gasteiger partial charge in [0.05, 0.1) is 13.2 Å². The van der Waals surface area contributed by atoms with Gasteiger partial charge in [-0.3, -0.25) is 9.69 Å². The highest BCUT2D eigenvalue weighted by molar-refractivity contribution is 5.81. The summed E-state index contributed by atoms with van der Waals surface area (Å²) in [7, 11) is 0. The molecule has 0 spiro atoms. The van der Waals surface area contributed by atoms with Crippen LogP contribution < -0.4 is 4.74 Å². The minimum absolute atomic E-state index is 0.0115. The van der Waals surface area contributed by atoms with E-state index in [-0.39, 0.29) is 12.5 Å². The Bertz CT molecular complexity index is 539. The number of morpholine rings is 1. The summed E-state index contributed by atoms with van der Waals surface area (Å²) in [5.74, 6) is 0.456. The number of likely N-dealkylation sites (tertiary alicyclic amines) is 1. The third-order valence-electron chi connectivity index (χ3n) is 4.51. The van der Waals surface area contributed by atoms with Crippen LogP contribution in [0.15, 0.2) is 24.3 Å². The number of hydrogen-bond acceptors (Lipinski definition) is 5. The first-order valence-electron chi connectivity index (χ1n) is 8.12. The fourth-order valence-corrected chi connectivity index (χ4v) is 2.98. The zero-order valence-electron chi connectivity index (χ0n) is 13.5. The van der Waals surface area contributed by atoms with Crippen molar-refractivity contribution in [3.63, 3.8) is 0 Å². The number of carbonyl (C=O) groups is 1. The Labute approximate surface area is 136 Å². The van der Waals surface area contributed by atoms with Crippen molar-refractivity contribution in [2.45, 2.75) is 19.1 Å². The van der Waals surface area contributed by atoms with Crippen molar-refractivity contribution in [2.75, 3.05) is 46.0 Å². The van der Waals surface area contributed by atoms with Gasteiger partial charge < -0.3 is 19.5 Å². The van der Waals surface area contributed by atoms with Crippen LogP contribution in [-0.4, -0.2) is 79.0 Å². The maximum Gasteiger partial charge on any atom is 0.255 e. The molecule has 2 aliphatic heterocycles. The van der Waals surface area contributed by atoms with Crippen molar-refractivity contribution < 1.29 is 19.4 Å². The van der Waals surface area contributed by atoms with E-state index in [4.69, 9.17) is 9.47 Å². The second kappa shape index (κ2) is 7.29. The molecule has 0 aliphatic carbocycles. The van der Waals surface area contributed by atoms with Gasteiger partial charge in [0.15, 0.2) is 6.10 Å². The van der Waals surface area contributed by atoms with E-state index in [0.29, 0.717) is 24.9 Å². The fourth-order valence-electron chi connectivity index (χ4n) is 2.98. The molecule has 2 fully saturated rings. The summed E-state index contributed by atoms with van der Waals surface area (Å²) in [4.78, 5) is 16.3. The highest BCUT2D eigenvalue weighted by Crippen LogP contribution is 2.19. The molecule has 6 nitrogen and oxygen atoms in total. The van der Waals surface area contributed by atoms with Crippen LogP contribution in [0.4, 0.5) is 0 Å². The number of aliphatic hydroxyl groups is 1. The third-order valence-corrected chi connectivity index (χ3v) is 4.51. The molecule has 2 aliphatic rings. The van der Waals surface area contributed by atoms with E-state index in [1.54, 1.807) is 4.90 Å². The topological polar surface area (TPSA) is 62.2 Å². The number of hydrogen-bond donors (Lipinski definition) is 1. The molecular weight excluding hydrogens is 296 g/mol. The number of aliphatic hydroxyl groups excluding tert-OH is 1. The fraction of sp³-hybridized carbons (Fsp3) is 0.588. The predicted octanol–water partition coefficient (Wildman–Crippen LogP) is 0.278. The Hall–Kier alpha value is -1.63. The van der Waals surface area contributed by atoms with Gasteiger partial charge in [-0.1, -0.05) is 18.2 Å². The smallest absolute Gasteiger partial charge is 0.255 e. The minimum Gasteiger partial charge on any atom is -0.490 e. The molecule has 126 valence electrons. The van der Waals surface area contributed by atoms with Gasteiger partial charge in [-0.15, -0.1) is 0 Å². The molecule has 0 bridgehead atoms. The first-order valence-corrected chi connectivity index (χ1v) is 8.12. The molecule has 3 rings (SSSR count). The van der Waals surface area contributed by atoms with Gasteiger partial charge >= 0.3 is 0 Å². The number of benzene rings is 1. The summed E-state index contributed by atoms with van der Waals surface area (Å²) < 4.78 is 10.9. The van der Waals surface area contributed by atoms with Crippen LogP contribution in [0.25, 0.3) is 0 Å². The quantitative estimate of drug-likeness (QED) is 0.844. The van der Waals surface area contributed by atoms with E-state index in [2.05, 4.69) is 4.90 Å². The Morgan fingerprint density at radius 3 is 2.74 bits per heavy atom. The second-order valence-corrected chi connectivity index (χ2v) is 6.14. The lowest BCUT2D eigenvalue weighted by atomic mass is 10.1. The average Bonchev–Trinajstić information content (AvgIpc) is 2.53. The predicted molar refractivity (Wildman–Crippen MR) is 85.4 cm³/mol. The first-order chi connectivity index (χ1) is 11.1. The van der Waals surface area contributed by atoms with E-state index in [0.717, 1.165) is 31.9 Å². The molecule has 1 N–H and O–H groups in total. The van der Waals surface area contributed by atoms with Crippen molar-refractivity contribution >= 4 is 5.91 Å². The van der Waals surface area contributed by atoms with Gasteiger partial charge in [0, 0.05) is 32.2 Å². The first kappa shape index (κ1) is 16.2. The summed E-state index contributed by atoms with van der Waals surface area (Å²) in [5.41, 5.74) is 0.989. The second-order valence-electron chi connectivity index (χ2n) is 6.14. The Morgan fingerprint density at radius 2 is 2.04 bits per heavy atom. The molecule has 6 heteroatoms. The van der Waals surface area contributed by atoms with Crippen molar-refractivity contribution in [3.05, 3.63) is 29.8 Å². The average molecular weight is 320 g/mol. The lowest BCUT2D eigenvalue weighted by Crippen LogP contribution is -2.64. The van der Waals surface area contributed by atoms with E-state index in [1.807, 2.05) is 31.2 Å². The largest absolute Gasteiger partial charge is 0.490 e. The molecule has 0 saturated carbocycles. The number of rotatable bonds is 5. The van der Waals surface area contributed by atoms with Crippen LogP contribution in [0.1, 0.15) is 5.56 Å². The van der Waals surface area contributed by atoms with Gasteiger partial charge in [-0.05, 0) is 18.6 Å². The van der Waals surface area contributed by atoms with E-state index in [9.17, 15) is 9.90 Å². The highest BCUT2D eigenvalue weighted by Gasteiger charge is 2.37. The van der Waals surface area contributed by atoms with Gasteiger partial charge in [0.1, 0.15) is 12.4 Å². The Morgan fingerprint density at radius 1 is 1.35 bits per heavy atom. The normalized spacial score (nSPS) is 20.9. The van der Waals surface area contributed by atoms with Crippen molar-refractivity contribution in [1.29, 1.82) is 0 Å². The van der Waals surface area contributed by atoms with E-state index >= 15 is 0 Å². The molecule has 1 amide bonds. The van der Waals surface area contributed by atoms with Gasteiger partial charge in [0.25, 0.3) is 5.91 Å². The number of carbonyl (C=O) groups excluding carboxylic acids is 1. The summed E-state index contributed by atoms with van der Waals surface area (Å²) >= 11 is 0. The maximum absolute atomic E-state index is 12.2. The number of ether oxygens (including phenoxy) is 2. The van der Waals surface area contributed by atoms with Crippen molar-refractivity contribution in [3.8, 4) is 5.75 Å². The SMILES string of the molecule is Cc1ccccc1OC[C@@H](O)C(=O)N1CC(N2CCOCC2)C1. The maximum atomic E-state index is 12.2. The molecular formula is C17H24N2O4. The van der Waals surface area contributed by atoms with Gasteiger partial charge in [-0.2, -0.15) is 0 Å². The molecule has 1 aromatic rings. The van der Waals surface area contributed by atoms with Crippen LogP contribution in [-0.2, 0) is 9.53 Å². The lowest BCUT2D eigenvalue weighted by molar-refractivity contribution is -0.150. The summed E-state index contributed by atoms with van der Waals surface area (Å²) in [6, 6.07) is 7.97. The Kier molecular flexibility index (Phi) is 5.15. The summed E-state index contributed by atoms with van der Waals surface area (Å²) in [6.07, 6.45) is -1.11. The van der Waals surface area contributed by atoms with Crippen LogP contribution in [0, 0.1) is 6.92 Å². The van der Waals surface area contributed by atoms with Crippen LogP contribution in [0.5, 0.6) is 5.75 Å².